The molecular formula is C43H77N2O6P. The molecule has 0 saturated heterocycles. The highest BCUT2D eigenvalue weighted by Crippen LogP contribution is 2.43. The molecule has 0 aliphatic heterocycles. The van der Waals surface area contributed by atoms with Crippen molar-refractivity contribution in [3.63, 3.8) is 0 Å². The van der Waals surface area contributed by atoms with E-state index in [1.165, 1.54) is 57.8 Å². The summed E-state index contributed by atoms with van der Waals surface area (Å²) in [6.45, 7) is 4.03. The number of hydrogen-bond donors (Lipinski definition) is 4. The van der Waals surface area contributed by atoms with E-state index in [0.29, 0.717) is 19.3 Å². The highest BCUT2D eigenvalue weighted by molar-refractivity contribution is 7.47. The SMILES string of the molecule is CC/C=C\C/C=C\C/C=C\C/C=C\C/C=C\C/C=C\CCCCC(=O)NC(COP(=O)(O)OCCN)C(O)CCCCCCCCCCCCCC. The van der Waals surface area contributed by atoms with Crippen LogP contribution >= 0.6 is 7.82 Å². The molecule has 1 amide bonds. The zero-order chi connectivity index (χ0) is 38.2. The van der Waals surface area contributed by atoms with Crippen LogP contribution in [0.25, 0.3) is 0 Å². The summed E-state index contributed by atoms with van der Waals surface area (Å²) >= 11 is 0. The van der Waals surface area contributed by atoms with Crippen molar-refractivity contribution in [1.82, 2.24) is 5.32 Å². The summed E-state index contributed by atoms with van der Waals surface area (Å²) in [5, 5.41) is 13.7. The van der Waals surface area contributed by atoms with Gasteiger partial charge in [-0.1, -0.05) is 164 Å². The zero-order valence-electron chi connectivity index (χ0n) is 33.0. The molecule has 52 heavy (non-hydrogen) atoms. The van der Waals surface area contributed by atoms with E-state index in [1.807, 2.05) is 0 Å². The van der Waals surface area contributed by atoms with Gasteiger partial charge in [0.15, 0.2) is 0 Å². The summed E-state index contributed by atoms with van der Waals surface area (Å²) in [4.78, 5) is 22.7. The second-order valence-corrected chi connectivity index (χ2v) is 14.9. The minimum Gasteiger partial charge on any atom is -0.391 e. The van der Waals surface area contributed by atoms with Crippen LogP contribution in [0.1, 0.15) is 162 Å². The van der Waals surface area contributed by atoms with Crippen molar-refractivity contribution in [2.45, 2.75) is 174 Å². The smallest absolute Gasteiger partial charge is 0.391 e. The maximum absolute atomic E-state index is 12.7. The average Bonchev–Trinajstić information content (AvgIpc) is 3.13. The van der Waals surface area contributed by atoms with Crippen LogP contribution in [0, 0.1) is 0 Å². The van der Waals surface area contributed by atoms with E-state index in [9.17, 15) is 19.4 Å². The van der Waals surface area contributed by atoms with Gasteiger partial charge in [0.25, 0.3) is 0 Å². The number of carbonyl (C=O) groups is 1. The van der Waals surface area contributed by atoms with Gasteiger partial charge in [-0.3, -0.25) is 13.8 Å². The van der Waals surface area contributed by atoms with E-state index >= 15 is 0 Å². The molecule has 3 atom stereocenters. The maximum atomic E-state index is 12.7. The van der Waals surface area contributed by atoms with Crippen LogP contribution in [0.2, 0.25) is 0 Å². The van der Waals surface area contributed by atoms with Crippen LogP contribution in [0.3, 0.4) is 0 Å². The summed E-state index contributed by atoms with van der Waals surface area (Å²) in [6.07, 6.45) is 49.1. The first-order chi connectivity index (χ1) is 25.4. The molecule has 0 aromatic heterocycles. The Balaban J connectivity index is 4.30. The van der Waals surface area contributed by atoms with Crippen molar-refractivity contribution in [3.8, 4) is 0 Å². The number of nitrogens with one attached hydrogen (secondary N) is 1. The van der Waals surface area contributed by atoms with Crippen molar-refractivity contribution in [2.24, 2.45) is 5.73 Å². The minimum absolute atomic E-state index is 0.0776. The number of unbranched alkanes of at least 4 members (excludes halogenated alkanes) is 13. The molecule has 0 saturated carbocycles. The average molecular weight is 749 g/mol. The molecule has 5 N–H and O–H groups in total. The summed E-state index contributed by atoms with van der Waals surface area (Å²) < 4.78 is 22.1. The molecule has 0 aromatic carbocycles. The Morgan fingerprint density at radius 2 is 1.12 bits per heavy atom. The van der Waals surface area contributed by atoms with Crippen LogP contribution in [-0.2, 0) is 18.4 Å². The first-order valence-electron chi connectivity index (χ1n) is 20.6. The number of hydrogen-bond acceptors (Lipinski definition) is 6. The maximum Gasteiger partial charge on any atom is 0.472 e. The third-order valence-corrected chi connectivity index (χ3v) is 9.56. The van der Waals surface area contributed by atoms with Crippen molar-refractivity contribution >= 4 is 13.7 Å². The summed E-state index contributed by atoms with van der Waals surface area (Å²) in [7, 11) is -4.33. The van der Waals surface area contributed by atoms with E-state index in [4.69, 9.17) is 14.8 Å². The van der Waals surface area contributed by atoms with Crippen LogP contribution in [0.15, 0.2) is 72.9 Å². The Labute approximate surface area is 318 Å². The molecule has 0 bridgehead atoms. The number of allylic oxidation sites excluding steroid dienone is 12. The second kappa shape index (κ2) is 38.7. The number of carbonyl (C=O) groups excluding carboxylic acids is 1. The molecule has 0 aromatic rings. The lowest BCUT2D eigenvalue weighted by Crippen LogP contribution is -2.46. The van der Waals surface area contributed by atoms with Gasteiger partial charge >= 0.3 is 7.82 Å². The molecular weight excluding hydrogens is 671 g/mol. The fourth-order valence-corrected chi connectivity index (χ4v) is 6.25. The highest BCUT2D eigenvalue weighted by Gasteiger charge is 2.27. The topological polar surface area (TPSA) is 131 Å². The lowest BCUT2D eigenvalue weighted by atomic mass is 10.0. The Bertz CT molecular complexity index is 1040. The number of aliphatic hydroxyl groups excluding tert-OH is 1. The lowest BCUT2D eigenvalue weighted by molar-refractivity contribution is -0.123. The number of amides is 1. The number of phosphoric acid groups is 1. The van der Waals surface area contributed by atoms with Gasteiger partial charge in [-0.05, 0) is 64.2 Å². The first-order valence-corrected chi connectivity index (χ1v) is 22.0. The summed E-state index contributed by atoms with van der Waals surface area (Å²) in [5.74, 6) is -0.208. The van der Waals surface area contributed by atoms with E-state index in [2.05, 4.69) is 92.1 Å². The number of rotatable bonds is 37. The Kier molecular flexibility index (Phi) is 37.1. The number of aliphatic hydroxyl groups is 1. The molecule has 0 fully saturated rings. The van der Waals surface area contributed by atoms with Crippen molar-refractivity contribution in [2.75, 3.05) is 19.8 Å². The van der Waals surface area contributed by atoms with E-state index in [-0.39, 0.29) is 25.7 Å². The van der Waals surface area contributed by atoms with Gasteiger partial charge in [0.05, 0.1) is 25.4 Å². The lowest BCUT2D eigenvalue weighted by Gasteiger charge is -2.25. The van der Waals surface area contributed by atoms with Crippen molar-refractivity contribution in [1.29, 1.82) is 0 Å². The quantitative estimate of drug-likeness (QED) is 0.0282. The van der Waals surface area contributed by atoms with Gasteiger partial charge in [-0.2, -0.15) is 0 Å². The molecule has 0 aliphatic rings. The number of nitrogens with two attached hydrogens (primary N) is 1. The molecule has 9 heteroatoms. The predicted molar refractivity (Wildman–Crippen MR) is 221 cm³/mol. The Morgan fingerprint density at radius 3 is 1.60 bits per heavy atom. The fraction of sp³-hybridized carbons (Fsp3) is 0.698. The van der Waals surface area contributed by atoms with E-state index < -0.39 is 20.0 Å². The third-order valence-electron chi connectivity index (χ3n) is 8.57. The first kappa shape index (κ1) is 49.9. The fourth-order valence-electron chi connectivity index (χ4n) is 5.49. The molecule has 0 rings (SSSR count). The molecule has 0 spiro atoms. The number of phosphoric ester groups is 1. The molecule has 0 aliphatic carbocycles. The van der Waals surface area contributed by atoms with Crippen molar-refractivity contribution < 1.29 is 28.4 Å². The predicted octanol–water partition coefficient (Wildman–Crippen LogP) is 11.3. The van der Waals surface area contributed by atoms with E-state index in [0.717, 1.165) is 70.6 Å². The summed E-state index contributed by atoms with van der Waals surface area (Å²) in [6, 6.07) is -0.800. The van der Waals surface area contributed by atoms with Gasteiger partial charge in [0, 0.05) is 13.0 Å². The third kappa shape index (κ3) is 36.3. The van der Waals surface area contributed by atoms with Gasteiger partial charge in [-0.15, -0.1) is 0 Å². The zero-order valence-corrected chi connectivity index (χ0v) is 33.9. The summed E-state index contributed by atoms with van der Waals surface area (Å²) in [5.41, 5.74) is 5.36. The molecule has 0 radical (unpaired) electrons. The standard InChI is InChI=1S/C43H77N2O6P/c1-3-5-7-9-11-13-15-17-18-19-20-21-22-23-24-25-27-29-31-33-35-37-43(47)45-41(40-51-52(48,49)50-39-38-44)42(46)36-34-32-30-28-26-16-14-12-10-8-6-4-2/h5,7,11,13,17-18,20-21,23-24,27,29,41-42,46H,3-4,6,8-10,12,14-16,19,22,25-26,28,30-40,44H2,1-2H3,(H,45,47)(H,48,49)/b7-5-,13-11-,18-17-,21-20-,24-23-,29-27-. The normalized spacial score (nSPS) is 14.9. The van der Waals surface area contributed by atoms with Crippen LogP contribution in [0.4, 0.5) is 0 Å². The van der Waals surface area contributed by atoms with Gasteiger partial charge in [0.2, 0.25) is 5.91 Å². The van der Waals surface area contributed by atoms with Crippen LogP contribution in [0.5, 0.6) is 0 Å². The monoisotopic (exact) mass is 749 g/mol. The second-order valence-electron chi connectivity index (χ2n) is 13.5. The molecule has 8 nitrogen and oxygen atoms in total. The minimum atomic E-state index is -4.33. The van der Waals surface area contributed by atoms with Crippen molar-refractivity contribution in [3.05, 3.63) is 72.9 Å². The molecule has 0 heterocycles. The van der Waals surface area contributed by atoms with Gasteiger partial charge in [0.1, 0.15) is 0 Å². The Hall–Kier alpha value is -2.06. The van der Waals surface area contributed by atoms with Gasteiger partial charge in [-0.25, -0.2) is 4.57 Å². The Morgan fingerprint density at radius 1 is 0.654 bits per heavy atom. The largest absolute Gasteiger partial charge is 0.472 e. The van der Waals surface area contributed by atoms with Gasteiger partial charge < -0.3 is 21.1 Å². The van der Waals surface area contributed by atoms with Crippen LogP contribution < -0.4 is 11.1 Å². The van der Waals surface area contributed by atoms with Crippen LogP contribution in [-0.4, -0.2) is 47.8 Å². The molecule has 3 unspecified atom stereocenters. The molecule has 300 valence electrons. The highest BCUT2D eigenvalue weighted by atomic mass is 31.2. The van der Waals surface area contributed by atoms with E-state index in [1.54, 1.807) is 0 Å².